The molecule has 0 radical (unpaired) electrons. The van der Waals surface area contributed by atoms with E-state index in [2.05, 4.69) is 26.0 Å². The van der Waals surface area contributed by atoms with Gasteiger partial charge >= 0.3 is 5.97 Å². The van der Waals surface area contributed by atoms with E-state index in [1.54, 1.807) is 0 Å². The van der Waals surface area contributed by atoms with E-state index in [1.165, 1.54) is 6.92 Å². The van der Waals surface area contributed by atoms with E-state index in [1.807, 2.05) is 43.3 Å². The van der Waals surface area contributed by atoms with Crippen molar-refractivity contribution in [1.29, 1.82) is 0 Å². The Bertz CT molecular complexity index is 786. The Morgan fingerprint density at radius 2 is 1.43 bits per heavy atom. The highest BCUT2D eigenvalue weighted by Gasteiger charge is 2.23. The number of rotatable bonds is 11. The summed E-state index contributed by atoms with van der Waals surface area (Å²) >= 11 is 5.81. The van der Waals surface area contributed by atoms with E-state index in [4.69, 9.17) is 30.9 Å². The monoisotopic (exact) mass is 434 g/mol. The van der Waals surface area contributed by atoms with Crippen molar-refractivity contribution in [2.45, 2.75) is 39.2 Å². The SMILES string of the molecule is CC(=O)O[C@H](CCl)COc1ccc(C(C)(C)c2ccc(OC[C@H](C)CO)cc2)cc1. The maximum Gasteiger partial charge on any atom is 0.303 e. The number of carbonyl (C=O) groups excluding carboxylic acids is 1. The number of halogens is 1. The van der Waals surface area contributed by atoms with Gasteiger partial charge in [-0.05, 0) is 35.4 Å². The average Bonchev–Trinajstić information content (AvgIpc) is 2.75. The molecule has 0 unspecified atom stereocenters. The van der Waals surface area contributed by atoms with Crippen LogP contribution in [0.25, 0.3) is 0 Å². The van der Waals surface area contributed by atoms with E-state index >= 15 is 0 Å². The minimum Gasteiger partial charge on any atom is -0.493 e. The second-order valence-electron chi connectivity index (χ2n) is 7.97. The first kappa shape index (κ1) is 24.0. The summed E-state index contributed by atoms with van der Waals surface area (Å²) in [4.78, 5) is 11.1. The minimum absolute atomic E-state index is 0.107. The highest BCUT2D eigenvalue weighted by molar-refractivity contribution is 6.18. The van der Waals surface area contributed by atoms with Gasteiger partial charge in [0.15, 0.2) is 0 Å². The van der Waals surface area contributed by atoms with Gasteiger partial charge in [-0.1, -0.05) is 45.0 Å². The smallest absolute Gasteiger partial charge is 0.303 e. The lowest BCUT2D eigenvalue weighted by Crippen LogP contribution is -2.25. The first-order valence-corrected chi connectivity index (χ1v) is 10.6. The molecule has 6 heteroatoms. The number of aliphatic hydroxyl groups is 1. The lowest BCUT2D eigenvalue weighted by Gasteiger charge is -2.26. The molecule has 164 valence electrons. The van der Waals surface area contributed by atoms with Crippen molar-refractivity contribution in [3.63, 3.8) is 0 Å². The highest BCUT2D eigenvalue weighted by atomic mass is 35.5. The molecule has 0 aliphatic rings. The highest BCUT2D eigenvalue weighted by Crippen LogP contribution is 2.33. The van der Waals surface area contributed by atoms with Gasteiger partial charge in [-0.2, -0.15) is 0 Å². The average molecular weight is 435 g/mol. The van der Waals surface area contributed by atoms with Crippen LogP contribution in [0.4, 0.5) is 0 Å². The van der Waals surface area contributed by atoms with E-state index in [-0.39, 0.29) is 36.4 Å². The van der Waals surface area contributed by atoms with E-state index in [0.717, 1.165) is 16.9 Å². The molecule has 2 atom stereocenters. The molecule has 0 saturated heterocycles. The fourth-order valence-corrected chi connectivity index (χ4v) is 3.08. The van der Waals surface area contributed by atoms with Crippen LogP contribution in [0, 0.1) is 5.92 Å². The van der Waals surface area contributed by atoms with Crippen molar-refractivity contribution >= 4 is 17.6 Å². The minimum atomic E-state index is -0.471. The zero-order chi connectivity index (χ0) is 22.1. The van der Waals surface area contributed by atoms with Gasteiger partial charge in [-0.15, -0.1) is 11.6 Å². The predicted molar refractivity (Wildman–Crippen MR) is 119 cm³/mol. The van der Waals surface area contributed by atoms with Gasteiger partial charge in [0, 0.05) is 24.9 Å². The van der Waals surface area contributed by atoms with Crippen LogP contribution in [0.1, 0.15) is 38.8 Å². The number of esters is 1. The number of aliphatic hydroxyl groups excluding tert-OH is 1. The molecule has 0 heterocycles. The third kappa shape index (κ3) is 6.92. The standard InChI is InChI=1S/C24H31ClO5/c1-17(14-26)15-28-21-9-5-19(6-10-21)24(3,4)20-7-11-22(12-8-20)29-16-23(13-25)30-18(2)27/h5-12,17,23,26H,13-16H2,1-4H3/t17-,23-/m1/s1. The van der Waals surface area contributed by atoms with Gasteiger partial charge in [-0.25, -0.2) is 0 Å². The molecule has 0 amide bonds. The number of hydrogen-bond donors (Lipinski definition) is 1. The third-order valence-corrected chi connectivity index (χ3v) is 5.28. The molecule has 0 saturated carbocycles. The van der Waals surface area contributed by atoms with Crippen molar-refractivity contribution in [1.82, 2.24) is 0 Å². The summed E-state index contributed by atoms with van der Waals surface area (Å²) in [5.41, 5.74) is 2.10. The Morgan fingerprint density at radius 3 is 1.83 bits per heavy atom. The van der Waals surface area contributed by atoms with E-state index in [0.29, 0.717) is 12.4 Å². The summed E-state index contributed by atoms with van der Waals surface area (Å²) in [6.07, 6.45) is -0.471. The summed E-state index contributed by atoms with van der Waals surface area (Å²) in [7, 11) is 0. The zero-order valence-corrected chi connectivity index (χ0v) is 18.8. The fourth-order valence-electron chi connectivity index (χ4n) is 2.93. The summed E-state index contributed by atoms with van der Waals surface area (Å²) in [6, 6.07) is 15.9. The van der Waals surface area contributed by atoms with Gasteiger partial charge in [-0.3, -0.25) is 4.79 Å². The van der Waals surface area contributed by atoms with Gasteiger partial charge in [0.25, 0.3) is 0 Å². The molecule has 30 heavy (non-hydrogen) atoms. The second-order valence-corrected chi connectivity index (χ2v) is 8.28. The Labute approximate surface area is 183 Å². The Kier molecular flexibility index (Phi) is 9.00. The third-order valence-electron chi connectivity index (χ3n) is 4.94. The van der Waals surface area contributed by atoms with Gasteiger partial charge < -0.3 is 19.3 Å². The summed E-state index contributed by atoms with van der Waals surface area (Å²) in [5, 5.41) is 9.10. The van der Waals surface area contributed by atoms with Gasteiger partial charge in [0.05, 0.1) is 12.5 Å². The normalized spacial score (nSPS) is 13.4. The van der Waals surface area contributed by atoms with Crippen LogP contribution in [0.15, 0.2) is 48.5 Å². The van der Waals surface area contributed by atoms with Crippen LogP contribution in [-0.2, 0) is 14.9 Å². The van der Waals surface area contributed by atoms with Crippen LogP contribution < -0.4 is 9.47 Å². The topological polar surface area (TPSA) is 65.0 Å². The van der Waals surface area contributed by atoms with Crippen LogP contribution in [0.5, 0.6) is 11.5 Å². The van der Waals surface area contributed by atoms with Crippen molar-refractivity contribution in [2.24, 2.45) is 5.92 Å². The molecule has 0 aliphatic carbocycles. The Hall–Kier alpha value is -2.24. The van der Waals surface area contributed by atoms with Gasteiger partial charge in [0.1, 0.15) is 24.2 Å². The number of alkyl halides is 1. The molecule has 0 fully saturated rings. The molecule has 2 aromatic carbocycles. The van der Waals surface area contributed by atoms with Crippen molar-refractivity contribution in [3.8, 4) is 11.5 Å². The molecular weight excluding hydrogens is 404 g/mol. The first-order chi connectivity index (χ1) is 14.3. The largest absolute Gasteiger partial charge is 0.493 e. The summed E-state index contributed by atoms with van der Waals surface area (Å²) in [6.45, 7) is 8.43. The molecule has 0 spiro atoms. The molecule has 2 aromatic rings. The second kappa shape index (κ2) is 11.2. The molecule has 5 nitrogen and oxygen atoms in total. The summed E-state index contributed by atoms with van der Waals surface area (Å²) < 4.78 is 16.5. The van der Waals surface area contributed by atoms with Crippen LogP contribution in [0.2, 0.25) is 0 Å². The quantitative estimate of drug-likeness (QED) is 0.414. The molecule has 0 bridgehead atoms. The maximum absolute atomic E-state index is 11.1. The van der Waals surface area contributed by atoms with Crippen LogP contribution in [-0.4, -0.2) is 42.9 Å². The molecule has 1 N–H and O–H groups in total. The van der Waals surface area contributed by atoms with Crippen LogP contribution >= 0.6 is 11.6 Å². The van der Waals surface area contributed by atoms with Crippen molar-refractivity contribution < 1.29 is 24.1 Å². The Morgan fingerprint density at radius 1 is 0.967 bits per heavy atom. The number of benzene rings is 2. The first-order valence-electron chi connectivity index (χ1n) is 10.1. The molecule has 0 aromatic heterocycles. The lowest BCUT2D eigenvalue weighted by molar-refractivity contribution is -0.146. The predicted octanol–water partition coefficient (Wildman–Crippen LogP) is 4.57. The summed E-state index contributed by atoms with van der Waals surface area (Å²) in [5.74, 6) is 1.40. The molecular formula is C24H31ClO5. The lowest BCUT2D eigenvalue weighted by atomic mass is 9.78. The fraction of sp³-hybridized carbons (Fsp3) is 0.458. The molecule has 2 rings (SSSR count). The Balaban J connectivity index is 2.01. The zero-order valence-electron chi connectivity index (χ0n) is 18.1. The van der Waals surface area contributed by atoms with Crippen molar-refractivity contribution in [3.05, 3.63) is 59.7 Å². The van der Waals surface area contributed by atoms with E-state index < -0.39 is 6.10 Å². The van der Waals surface area contributed by atoms with Crippen LogP contribution in [0.3, 0.4) is 0 Å². The van der Waals surface area contributed by atoms with Crippen molar-refractivity contribution in [2.75, 3.05) is 25.7 Å². The number of ether oxygens (including phenoxy) is 3. The maximum atomic E-state index is 11.1. The number of hydrogen-bond acceptors (Lipinski definition) is 5. The van der Waals surface area contributed by atoms with Gasteiger partial charge in [0.2, 0.25) is 0 Å². The van der Waals surface area contributed by atoms with E-state index in [9.17, 15) is 4.79 Å². The molecule has 0 aliphatic heterocycles. The number of carbonyl (C=O) groups is 1.